The first-order valence-corrected chi connectivity index (χ1v) is 14.5. The number of aliphatic hydroxyl groups excluding tert-OH is 1. The second-order valence-corrected chi connectivity index (χ2v) is 13.5. The van der Waals surface area contributed by atoms with E-state index in [1.807, 2.05) is 20.8 Å². The van der Waals surface area contributed by atoms with Crippen molar-refractivity contribution in [1.29, 1.82) is 0 Å². The molecule has 3 aliphatic rings. The van der Waals surface area contributed by atoms with Crippen molar-refractivity contribution < 1.29 is 23.5 Å². The summed E-state index contributed by atoms with van der Waals surface area (Å²) in [6.45, 7) is 6.51. The summed E-state index contributed by atoms with van der Waals surface area (Å²) < 4.78 is 29.3. The summed E-state index contributed by atoms with van der Waals surface area (Å²) in [6.07, 6.45) is 3.32. The lowest BCUT2D eigenvalue weighted by Gasteiger charge is -2.37. The Morgan fingerprint density at radius 1 is 1.12 bits per heavy atom. The fraction of sp³-hybridized carbons (Fsp3) is 0.533. The molecule has 1 saturated carbocycles. The van der Waals surface area contributed by atoms with Crippen LogP contribution in [-0.4, -0.2) is 41.7 Å². The molecule has 2 amide bonds. The topological polar surface area (TPSA) is 90.5 Å². The molecule has 0 aromatic heterocycles. The van der Waals surface area contributed by atoms with Gasteiger partial charge in [-0.3, -0.25) is 9.59 Å². The molecule has 1 spiro atoms. The van der Waals surface area contributed by atoms with E-state index in [0.29, 0.717) is 35.7 Å². The average molecular weight is 595 g/mol. The number of carbonyl (C=O) groups excluding carboxylic acids is 2. The van der Waals surface area contributed by atoms with Gasteiger partial charge >= 0.3 is 0 Å². The fourth-order valence-corrected chi connectivity index (χ4v) is 7.31. The van der Waals surface area contributed by atoms with E-state index < -0.39 is 35.1 Å². The molecule has 216 valence electrons. The third-order valence-electron chi connectivity index (χ3n) is 8.65. The van der Waals surface area contributed by atoms with Crippen LogP contribution in [0.3, 0.4) is 0 Å². The van der Waals surface area contributed by atoms with Gasteiger partial charge in [0.1, 0.15) is 17.0 Å². The molecular formula is C30H35Cl2F2N3O3. The number of carbonyl (C=O) groups is 2. The van der Waals surface area contributed by atoms with Crippen molar-refractivity contribution in [2.75, 3.05) is 11.9 Å². The van der Waals surface area contributed by atoms with Crippen molar-refractivity contribution in [3.05, 3.63) is 63.1 Å². The Bertz CT molecular complexity index is 1330. The zero-order chi connectivity index (χ0) is 29.0. The molecule has 1 unspecified atom stereocenters. The average Bonchev–Trinajstić information content (AvgIpc) is 3.51. The molecule has 1 aliphatic carbocycles. The highest BCUT2D eigenvalue weighted by Crippen LogP contribution is 2.57. The highest BCUT2D eigenvalue weighted by Gasteiger charge is 2.66. The Morgan fingerprint density at radius 2 is 1.85 bits per heavy atom. The third kappa shape index (κ3) is 5.24. The fourth-order valence-electron chi connectivity index (χ4n) is 6.96. The number of anilines is 1. The normalized spacial score (nSPS) is 29.6. The van der Waals surface area contributed by atoms with Gasteiger partial charge < -0.3 is 21.1 Å². The summed E-state index contributed by atoms with van der Waals surface area (Å²) in [4.78, 5) is 28.0. The van der Waals surface area contributed by atoms with Gasteiger partial charge in [0.15, 0.2) is 0 Å². The highest BCUT2D eigenvalue weighted by atomic mass is 35.5. The van der Waals surface area contributed by atoms with E-state index in [2.05, 4.69) is 16.0 Å². The molecule has 5 rings (SSSR count). The lowest BCUT2D eigenvalue weighted by molar-refractivity contribution is -0.123. The minimum atomic E-state index is -1.40. The molecule has 2 heterocycles. The molecule has 2 fully saturated rings. The number of amides is 2. The van der Waals surface area contributed by atoms with Crippen LogP contribution in [0.2, 0.25) is 10.0 Å². The standard InChI is InChI=1S/C30H35Cl2F2N3O3/c1-29(2,3)14-24-30(18-12-22(34)20(32)13-23(18)36-28(30)40)25(16-5-7-21(33)19(31)11-16)26(37-24)27(39)35-9-8-15-4-6-17(38)10-15/h5,7,11-13,15,17,24-26,37-38H,4,6,8-10,14H2,1-3H3,(H,35,39)(H,36,40)/t15?,17-,24+,25-,26+,30-/m0/s1. The quantitative estimate of drug-likeness (QED) is 0.346. The maximum atomic E-state index is 15.0. The number of benzene rings is 2. The first-order chi connectivity index (χ1) is 18.8. The van der Waals surface area contributed by atoms with E-state index in [1.54, 1.807) is 0 Å². The van der Waals surface area contributed by atoms with Crippen LogP contribution in [0.5, 0.6) is 0 Å². The van der Waals surface area contributed by atoms with Gasteiger partial charge in [-0.15, -0.1) is 0 Å². The number of halogens is 4. The molecule has 2 aromatic rings. The van der Waals surface area contributed by atoms with Crippen LogP contribution >= 0.6 is 23.2 Å². The summed E-state index contributed by atoms with van der Waals surface area (Å²) in [6, 6.07) is 5.41. The smallest absolute Gasteiger partial charge is 0.237 e. The summed E-state index contributed by atoms with van der Waals surface area (Å²) in [5, 5.41) is 19.0. The maximum Gasteiger partial charge on any atom is 0.237 e. The van der Waals surface area contributed by atoms with Gasteiger partial charge in [-0.1, -0.05) is 50.0 Å². The third-order valence-corrected chi connectivity index (χ3v) is 9.23. The van der Waals surface area contributed by atoms with E-state index in [4.69, 9.17) is 23.2 Å². The number of nitrogens with one attached hydrogen (secondary N) is 3. The SMILES string of the molecule is CC(C)(C)C[C@H]1N[C@@H](C(=O)NCCC2CC[C@H](O)C2)[C@H](c2ccc(F)c(Cl)c2)[C@@]12C(=O)Nc1cc(Cl)c(F)cc12. The molecular weight excluding hydrogens is 559 g/mol. The van der Waals surface area contributed by atoms with Gasteiger partial charge in [-0.05, 0) is 78.8 Å². The predicted molar refractivity (Wildman–Crippen MR) is 152 cm³/mol. The highest BCUT2D eigenvalue weighted by molar-refractivity contribution is 6.31. The van der Waals surface area contributed by atoms with Crippen molar-refractivity contribution in [3.8, 4) is 0 Å². The zero-order valence-corrected chi connectivity index (χ0v) is 24.3. The summed E-state index contributed by atoms with van der Waals surface area (Å²) in [5.74, 6) is -2.48. The van der Waals surface area contributed by atoms with Gasteiger partial charge in [0.2, 0.25) is 11.8 Å². The molecule has 0 bridgehead atoms. The first-order valence-electron chi connectivity index (χ1n) is 13.8. The van der Waals surface area contributed by atoms with Gasteiger partial charge in [0.25, 0.3) is 0 Å². The number of fused-ring (bicyclic) bond motifs is 2. The summed E-state index contributed by atoms with van der Waals surface area (Å²) in [7, 11) is 0. The Morgan fingerprint density at radius 3 is 2.50 bits per heavy atom. The lowest BCUT2D eigenvalue weighted by Crippen LogP contribution is -2.49. The minimum absolute atomic E-state index is 0.123. The summed E-state index contributed by atoms with van der Waals surface area (Å²) in [5.41, 5.74) is -0.379. The van der Waals surface area contributed by atoms with Crippen LogP contribution in [0.1, 0.15) is 69.9 Å². The van der Waals surface area contributed by atoms with Gasteiger partial charge in [-0.2, -0.15) is 0 Å². The van der Waals surface area contributed by atoms with E-state index in [1.165, 1.54) is 30.3 Å². The minimum Gasteiger partial charge on any atom is -0.393 e. The number of rotatable bonds is 6. The number of hydrogen-bond acceptors (Lipinski definition) is 4. The Kier molecular flexibility index (Phi) is 7.94. The molecule has 2 aliphatic heterocycles. The van der Waals surface area contributed by atoms with Gasteiger partial charge in [0.05, 0.1) is 22.2 Å². The van der Waals surface area contributed by atoms with Crippen LogP contribution in [0.25, 0.3) is 0 Å². The number of aliphatic hydroxyl groups is 1. The molecule has 6 atom stereocenters. The molecule has 1 saturated heterocycles. The Hall–Kier alpha value is -2.26. The van der Waals surface area contributed by atoms with Gasteiger partial charge in [0, 0.05) is 24.2 Å². The zero-order valence-electron chi connectivity index (χ0n) is 22.8. The molecule has 6 nitrogen and oxygen atoms in total. The monoisotopic (exact) mass is 593 g/mol. The van der Waals surface area contributed by atoms with E-state index in [9.17, 15) is 23.5 Å². The number of hydrogen-bond donors (Lipinski definition) is 4. The van der Waals surface area contributed by atoms with Crippen molar-refractivity contribution >= 4 is 40.7 Å². The summed E-state index contributed by atoms with van der Waals surface area (Å²) >= 11 is 12.3. The molecule has 4 N–H and O–H groups in total. The largest absolute Gasteiger partial charge is 0.393 e. The Labute approximate surface area is 243 Å². The maximum absolute atomic E-state index is 15.0. The predicted octanol–water partition coefficient (Wildman–Crippen LogP) is 5.69. The van der Waals surface area contributed by atoms with Crippen molar-refractivity contribution in [2.45, 2.75) is 82.4 Å². The van der Waals surface area contributed by atoms with E-state index >= 15 is 0 Å². The molecule has 40 heavy (non-hydrogen) atoms. The van der Waals surface area contributed by atoms with Crippen LogP contribution in [0.15, 0.2) is 30.3 Å². The molecule has 0 radical (unpaired) electrons. The van der Waals surface area contributed by atoms with Crippen molar-refractivity contribution in [1.82, 2.24) is 10.6 Å². The first kappa shape index (κ1) is 29.2. The molecule has 2 aromatic carbocycles. The Balaban J connectivity index is 1.60. The van der Waals surface area contributed by atoms with Crippen LogP contribution in [-0.2, 0) is 15.0 Å². The van der Waals surface area contributed by atoms with Gasteiger partial charge in [-0.25, -0.2) is 8.78 Å². The lowest BCUT2D eigenvalue weighted by atomic mass is 9.62. The second-order valence-electron chi connectivity index (χ2n) is 12.7. The van der Waals surface area contributed by atoms with Crippen molar-refractivity contribution in [2.24, 2.45) is 11.3 Å². The van der Waals surface area contributed by atoms with Crippen LogP contribution < -0.4 is 16.0 Å². The van der Waals surface area contributed by atoms with Crippen molar-refractivity contribution in [3.63, 3.8) is 0 Å². The van der Waals surface area contributed by atoms with Crippen LogP contribution in [0, 0.1) is 23.0 Å². The van der Waals surface area contributed by atoms with Crippen LogP contribution in [0.4, 0.5) is 14.5 Å². The van der Waals surface area contributed by atoms with E-state index in [-0.39, 0.29) is 33.4 Å². The second kappa shape index (κ2) is 10.9. The molecule has 10 heteroatoms. The van der Waals surface area contributed by atoms with E-state index in [0.717, 1.165) is 25.7 Å².